The lowest BCUT2D eigenvalue weighted by Crippen LogP contribution is -2.69. The average molecular weight is 1280 g/mol. The van der Waals surface area contributed by atoms with Crippen molar-refractivity contribution in [2.24, 2.45) is 0 Å². The van der Waals surface area contributed by atoms with E-state index in [1.165, 1.54) is 0 Å². The van der Waals surface area contributed by atoms with E-state index in [0.717, 1.165) is 20.8 Å². The number of nitrogens with one attached hydrogen (secondary N) is 3. The van der Waals surface area contributed by atoms with Crippen LogP contribution in [0.15, 0.2) is 0 Å². The number of rotatable bonds is 22. The molecule has 0 unspecified atom stereocenters. The van der Waals surface area contributed by atoms with Crippen LogP contribution in [-0.2, 0) is 76.0 Å². The zero-order valence-electron chi connectivity index (χ0n) is 46.6. The van der Waals surface area contributed by atoms with Gasteiger partial charge in [0, 0.05) is 20.8 Å². The molecule has 0 saturated carbocycles. The lowest BCUT2D eigenvalue weighted by Gasteiger charge is -2.50. The van der Waals surface area contributed by atoms with Crippen molar-refractivity contribution in [2.75, 3.05) is 46.2 Å². The van der Waals surface area contributed by atoms with Crippen LogP contribution in [0.4, 0.5) is 0 Å². The summed E-state index contributed by atoms with van der Waals surface area (Å²) >= 11 is 0. The summed E-state index contributed by atoms with van der Waals surface area (Å²) in [6, 6.07) is -4.97. The van der Waals surface area contributed by atoms with Gasteiger partial charge in [0.25, 0.3) is 0 Å². The molecule has 0 aliphatic carbocycles. The van der Waals surface area contributed by atoms with E-state index in [-0.39, 0.29) is 0 Å². The van der Waals surface area contributed by atoms with E-state index in [9.17, 15) is 117 Å². The van der Waals surface area contributed by atoms with Crippen LogP contribution in [0.5, 0.6) is 0 Å². The van der Waals surface area contributed by atoms with Gasteiger partial charge in [-0.25, -0.2) is 0 Å². The summed E-state index contributed by atoms with van der Waals surface area (Å²) in [6.45, 7) is -3.86. The number of hydrogen-bond acceptors (Lipinski definition) is 36. The Morgan fingerprint density at radius 2 is 0.598 bits per heavy atom. The van der Waals surface area contributed by atoms with Crippen molar-refractivity contribution in [2.45, 2.75) is 236 Å². The third kappa shape index (κ3) is 15.8. The fourth-order valence-corrected chi connectivity index (χ4v) is 11.1. The molecule has 0 aromatic carbocycles. The van der Waals surface area contributed by atoms with Crippen molar-refractivity contribution in [1.29, 1.82) is 0 Å². The minimum Gasteiger partial charge on any atom is -0.394 e. The number of aliphatic hydroxyl groups excluding tert-OH is 20. The fourth-order valence-electron chi connectivity index (χ4n) is 11.1. The number of ether oxygens (including phenoxy) is 13. The second-order valence-corrected chi connectivity index (χ2v) is 21.8. The Kier molecular flexibility index (Phi) is 25.6. The van der Waals surface area contributed by atoms with Crippen molar-refractivity contribution in [1.82, 2.24) is 16.0 Å². The SMILES string of the molecule is CC(=O)N[C@H]1[C@H](OC[C@H]2O[C@@H](O[C@H]3[C@H](O)[C@@H](O)[C@H](O)O[C@@H]3CO)[C@H](O)[C@@H](O[C@H]3O[C@H](CO)[C@H](O)[C@H](O[C@@H]4O[C@H](CO)[C@H](O)[C@H](O)[C@H]4NC(C)=O)[C@H]3O)[C@H]2O)O[C@H](CO)[C@@H](O[C@@H]2O[C@H](CO)[C@H](O[C@@H]3O[C@H](CO)[C@H](O)[C@H](O)[C@H]3NC(C)=O)[C@H](O)[C@H]2O)[C@@H]1O. The third-order valence-electron chi connectivity index (χ3n) is 15.7. The van der Waals surface area contributed by atoms with Gasteiger partial charge in [-0.2, -0.15) is 0 Å². The van der Waals surface area contributed by atoms with E-state index in [0.29, 0.717) is 0 Å². The van der Waals surface area contributed by atoms with Gasteiger partial charge in [0.05, 0.1) is 46.2 Å². The first-order chi connectivity index (χ1) is 41.1. The molecule has 39 nitrogen and oxygen atoms in total. The maximum Gasteiger partial charge on any atom is 0.217 e. The van der Waals surface area contributed by atoms with Gasteiger partial charge in [0.1, 0.15) is 171 Å². The quantitative estimate of drug-likeness (QED) is 0.0479. The number of amides is 3. The summed E-state index contributed by atoms with van der Waals surface area (Å²) in [5, 5.41) is 224. The van der Waals surface area contributed by atoms with E-state index in [1.54, 1.807) is 0 Å². The molecule has 23 N–H and O–H groups in total. The molecule has 0 bridgehead atoms. The van der Waals surface area contributed by atoms with E-state index >= 15 is 0 Å². The van der Waals surface area contributed by atoms with Gasteiger partial charge in [-0.1, -0.05) is 0 Å². The monoisotopic (exact) mass is 1280 g/mol. The Morgan fingerprint density at radius 1 is 0.299 bits per heavy atom. The molecule has 7 aliphatic heterocycles. The summed E-state index contributed by atoms with van der Waals surface area (Å²) in [5.41, 5.74) is 0. The van der Waals surface area contributed by atoms with Gasteiger partial charge < -0.3 is 180 Å². The molecule has 7 aliphatic rings. The first-order valence-electron chi connectivity index (χ1n) is 27.6. The standard InChI is InChI=1S/C48H81N3O36/c1-11(58)49-21-28(65)24(61)14(4-52)77-44(21)83-39-19(9-57)81-46(34(71)32(39)69)84-37-18(8-56)80-43(23(30(37)67)51-13(3)60)75-10-20-27(64)41(36(73)48(82-20)85-38-17(7-55)76-42(74)33(70)31(38)68)87-47-35(72)40(26(63)16(6-54)79-47)86-45-22(50-12(2)59)29(66)25(62)15(5-53)78-45/h14-48,52-57,61-74H,4-10H2,1-3H3,(H,49,58)(H,50,59)(H,51,60)/t14-,15-,16-,17-,18-,19-,20-,21-,22-,23-,24+,25+,26+,27+,28-,29-,30-,31-,32-,33-,34-,35-,36-,37-,38-,39+,40+,41+,42-,43-,44+,45+,46+,47-,48+/m1/s1. The van der Waals surface area contributed by atoms with Crippen LogP contribution in [0, 0.1) is 0 Å². The molecule has 504 valence electrons. The topological polar surface area (TPSA) is 612 Å². The number of carbonyl (C=O) groups is 3. The summed E-state index contributed by atoms with van der Waals surface area (Å²) in [7, 11) is 0. The normalized spacial score (nSPS) is 48.9. The lowest BCUT2D eigenvalue weighted by molar-refractivity contribution is -0.390. The summed E-state index contributed by atoms with van der Waals surface area (Å²) in [6.07, 6.45) is -62.4. The molecule has 3 amide bonds. The van der Waals surface area contributed by atoms with Crippen LogP contribution in [0.1, 0.15) is 20.8 Å². The predicted octanol–water partition coefficient (Wildman–Crippen LogP) is -15.8. The first kappa shape index (κ1) is 71.5. The number of carbonyl (C=O) groups excluding carboxylic acids is 3. The Labute approximate surface area is 492 Å². The molecule has 0 aromatic heterocycles. The molecule has 7 fully saturated rings. The Hall–Kier alpha value is -2.91. The van der Waals surface area contributed by atoms with Crippen LogP contribution in [0.25, 0.3) is 0 Å². The molecule has 35 atom stereocenters. The smallest absolute Gasteiger partial charge is 0.217 e. The Balaban J connectivity index is 1.11. The van der Waals surface area contributed by atoms with Gasteiger partial charge >= 0.3 is 0 Å². The highest BCUT2D eigenvalue weighted by molar-refractivity contribution is 5.74. The molecule has 39 heteroatoms. The van der Waals surface area contributed by atoms with E-state index in [1.807, 2.05) is 0 Å². The summed E-state index contributed by atoms with van der Waals surface area (Å²) in [4.78, 5) is 36.9. The zero-order valence-corrected chi connectivity index (χ0v) is 46.6. The second kappa shape index (κ2) is 31.1. The van der Waals surface area contributed by atoms with Crippen molar-refractivity contribution >= 4 is 17.7 Å². The average Bonchev–Trinajstić information content (AvgIpc) is 1.27. The molecule has 7 heterocycles. The zero-order chi connectivity index (χ0) is 64.2. The minimum absolute atomic E-state index is 0.740. The maximum absolute atomic E-state index is 12.7. The fraction of sp³-hybridized carbons (Fsp3) is 0.938. The van der Waals surface area contributed by atoms with Gasteiger partial charge in [-0.05, 0) is 0 Å². The molecule has 7 saturated heterocycles. The molecule has 87 heavy (non-hydrogen) atoms. The van der Waals surface area contributed by atoms with Crippen molar-refractivity contribution in [3.05, 3.63) is 0 Å². The van der Waals surface area contributed by atoms with E-state index < -0.39 is 279 Å². The van der Waals surface area contributed by atoms with E-state index in [4.69, 9.17) is 61.6 Å². The highest BCUT2D eigenvalue weighted by Crippen LogP contribution is 2.37. The molecule has 0 aromatic rings. The first-order valence-corrected chi connectivity index (χ1v) is 27.6. The Bertz CT molecular complexity index is 2190. The third-order valence-corrected chi connectivity index (χ3v) is 15.7. The second-order valence-electron chi connectivity index (χ2n) is 21.8. The molecular weight excluding hydrogens is 1190 g/mol. The maximum atomic E-state index is 12.7. The van der Waals surface area contributed by atoms with Crippen molar-refractivity contribution in [3.63, 3.8) is 0 Å². The number of hydrogen-bond donors (Lipinski definition) is 23. The number of aliphatic hydroxyl groups is 20. The lowest BCUT2D eigenvalue weighted by atomic mass is 9.94. The highest BCUT2D eigenvalue weighted by atomic mass is 16.8. The van der Waals surface area contributed by atoms with Crippen LogP contribution in [0.3, 0.4) is 0 Å². The van der Waals surface area contributed by atoms with Gasteiger partial charge in [-0.15, -0.1) is 0 Å². The van der Waals surface area contributed by atoms with Crippen molar-refractivity contribution < 1.29 is 178 Å². The molecule has 0 spiro atoms. The van der Waals surface area contributed by atoms with Gasteiger partial charge in [-0.3, -0.25) is 14.4 Å². The summed E-state index contributed by atoms with van der Waals surface area (Å²) < 4.78 is 74.8. The minimum atomic E-state index is -2.32. The van der Waals surface area contributed by atoms with Crippen LogP contribution < -0.4 is 16.0 Å². The molecule has 7 rings (SSSR count). The highest BCUT2D eigenvalue weighted by Gasteiger charge is 2.58. The predicted molar refractivity (Wildman–Crippen MR) is 267 cm³/mol. The molecular formula is C48H81N3O36. The van der Waals surface area contributed by atoms with Gasteiger partial charge in [0.2, 0.25) is 17.7 Å². The summed E-state index contributed by atoms with van der Waals surface area (Å²) in [5.74, 6) is -2.40. The largest absolute Gasteiger partial charge is 0.394 e. The van der Waals surface area contributed by atoms with Crippen LogP contribution >= 0.6 is 0 Å². The van der Waals surface area contributed by atoms with Gasteiger partial charge in [0.15, 0.2) is 44.0 Å². The molecule has 0 radical (unpaired) electrons. The Morgan fingerprint density at radius 3 is 1.03 bits per heavy atom. The van der Waals surface area contributed by atoms with E-state index in [2.05, 4.69) is 16.0 Å². The van der Waals surface area contributed by atoms with Crippen molar-refractivity contribution in [3.8, 4) is 0 Å². The van der Waals surface area contributed by atoms with Crippen LogP contribution in [-0.4, -0.2) is 381 Å². The van der Waals surface area contributed by atoms with Crippen LogP contribution in [0.2, 0.25) is 0 Å².